The van der Waals surface area contributed by atoms with Gasteiger partial charge in [0, 0.05) is 25.7 Å². The number of anilines is 1. The van der Waals surface area contributed by atoms with E-state index in [2.05, 4.69) is 26.6 Å². The van der Waals surface area contributed by atoms with Gasteiger partial charge >= 0.3 is 0 Å². The molecule has 0 aromatic carbocycles. The highest BCUT2D eigenvalue weighted by Crippen LogP contribution is 2.37. The summed E-state index contributed by atoms with van der Waals surface area (Å²) >= 11 is 5.28. The average Bonchev–Trinajstić information content (AvgIpc) is 3.09. The van der Waals surface area contributed by atoms with Crippen LogP contribution in [-0.4, -0.2) is 41.1 Å². The largest absolute Gasteiger partial charge is 0.380 e. The maximum Gasteiger partial charge on any atom is 0.226 e. The molecule has 6 heteroatoms. The van der Waals surface area contributed by atoms with Crippen LogP contribution < -0.4 is 4.90 Å². The van der Waals surface area contributed by atoms with E-state index in [-0.39, 0.29) is 0 Å². The Hall–Kier alpha value is -0.880. The number of hydrogen-bond donors (Lipinski definition) is 1. The number of nitrogens with one attached hydrogen (secondary N) is 1. The van der Waals surface area contributed by atoms with Crippen LogP contribution in [0, 0.1) is 4.77 Å². The summed E-state index contributed by atoms with van der Waals surface area (Å²) in [6.07, 6.45) is 2.42. The third kappa shape index (κ3) is 2.87. The Kier molecular flexibility index (Phi) is 4.17. The lowest BCUT2D eigenvalue weighted by Gasteiger charge is -2.21. The predicted molar refractivity (Wildman–Crippen MR) is 70.1 cm³/mol. The molecular weight excluding hydrogens is 236 g/mol. The Balaban J connectivity index is 2.10. The fourth-order valence-electron chi connectivity index (χ4n) is 1.90. The van der Waals surface area contributed by atoms with Crippen LogP contribution in [0.2, 0.25) is 0 Å². The van der Waals surface area contributed by atoms with Gasteiger partial charge in [-0.25, -0.2) is 5.10 Å². The van der Waals surface area contributed by atoms with Gasteiger partial charge in [-0.15, -0.1) is 5.10 Å². The minimum atomic E-state index is 0.553. The highest BCUT2D eigenvalue weighted by Gasteiger charge is 2.28. The number of ether oxygens (including phenoxy) is 1. The second-order valence-corrected chi connectivity index (χ2v) is 4.59. The zero-order valence-corrected chi connectivity index (χ0v) is 11.3. The zero-order chi connectivity index (χ0) is 12.3. The van der Waals surface area contributed by atoms with E-state index >= 15 is 0 Å². The molecule has 1 aliphatic rings. The van der Waals surface area contributed by atoms with E-state index in [1.165, 1.54) is 12.8 Å². The van der Waals surface area contributed by atoms with Crippen LogP contribution in [0.3, 0.4) is 0 Å². The molecule has 0 radical (unpaired) electrons. The Morgan fingerprint density at radius 1 is 1.53 bits per heavy atom. The summed E-state index contributed by atoms with van der Waals surface area (Å²) in [4.78, 5) is 2.21. The molecule has 1 saturated carbocycles. The lowest BCUT2D eigenvalue weighted by atomic mass is 10.5. The number of likely N-dealkylation sites (N-methyl/N-ethyl adjacent to an activating group) is 1. The van der Waals surface area contributed by atoms with Gasteiger partial charge < -0.3 is 9.64 Å². The van der Waals surface area contributed by atoms with Gasteiger partial charge in [-0.1, -0.05) is 0 Å². The van der Waals surface area contributed by atoms with Crippen LogP contribution in [0.5, 0.6) is 0 Å². The zero-order valence-electron chi connectivity index (χ0n) is 10.5. The molecule has 0 amide bonds. The molecule has 1 fully saturated rings. The predicted octanol–water partition coefficient (Wildman–Crippen LogP) is 2.14. The summed E-state index contributed by atoms with van der Waals surface area (Å²) in [5, 5.41) is 7.24. The van der Waals surface area contributed by atoms with E-state index in [1.54, 1.807) is 0 Å². The Bertz CT molecular complexity index is 410. The van der Waals surface area contributed by atoms with Gasteiger partial charge in [-0.2, -0.15) is 0 Å². The van der Waals surface area contributed by atoms with Crippen molar-refractivity contribution in [3.8, 4) is 0 Å². The van der Waals surface area contributed by atoms with Crippen molar-refractivity contribution in [1.82, 2.24) is 14.8 Å². The van der Waals surface area contributed by atoms with Crippen molar-refractivity contribution >= 4 is 18.2 Å². The number of aromatic nitrogens is 3. The van der Waals surface area contributed by atoms with E-state index in [9.17, 15) is 0 Å². The summed E-state index contributed by atoms with van der Waals surface area (Å²) in [6, 6.07) is 0.553. The highest BCUT2D eigenvalue weighted by atomic mass is 32.1. The molecule has 1 heterocycles. The standard InChI is InChI=1S/C11H20N4OS/c1-3-14(7-8-16-4-2)10-12-13-11(17)15(10)9-5-6-9/h9H,3-8H2,1-2H3,(H,13,17). The number of hydrogen-bond acceptors (Lipinski definition) is 4. The summed E-state index contributed by atoms with van der Waals surface area (Å²) in [6.45, 7) is 7.40. The van der Waals surface area contributed by atoms with Gasteiger partial charge in [0.1, 0.15) is 0 Å². The van der Waals surface area contributed by atoms with Gasteiger partial charge in [0.15, 0.2) is 4.77 Å². The van der Waals surface area contributed by atoms with Crippen molar-refractivity contribution < 1.29 is 4.74 Å². The van der Waals surface area contributed by atoms with Crippen molar-refractivity contribution in [2.45, 2.75) is 32.7 Å². The first-order chi connectivity index (χ1) is 8.27. The lowest BCUT2D eigenvalue weighted by molar-refractivity contribution is 0.153. The first-order valence-corrected chi connectivity index (χ1v) is 6.68. The Labute approximate surface area is 107 Å². The molecule has 2 rings (SSSR count). The molecule has 0 saturated heterocycles. The Morgan fingerprint density at radius 2 is 2.29 bits per heavy atom. The molecule has 0 aliphatic heterocycles. The molecule has 1 N–H and O–H groups in total. The molecule has 1 aromatic heterocycles. The molecule has 0 atom stereocenters. The molecule has 0 unspecified atom stereocenters. The first-order valence-electron chi connectivity index (χ1n) is 6.27. The highest BCUT2D eigenvalue weighted by molar-refractivity contribution is 7.71. The van der Waals surface area contributed by atoms with E-state index in [4.69, 9.17) is 17.0 Å². The number of aromatic amines is 1. The topological polar surface area (TPSA) is 46.1 Å². The van der Waals surface area contributed by atoms with Gasteiger partial charge in [0.2, 0.25) is 5.95 Å². The van der Waals surface area contributed by atoms with Gasteiger partial charge in [-0.05, 0) is 38.9 Å². The van der Waals surface area contributed by atoms with Crippen LogP contribution in [0.15, 0.2) is 0 Å². The normalized spacial score (nSPS) is 15.2. The fourth-order valence-corrected chi connectivity index (χ4v) is 2.18. The summed E-state index contributed by atoms with van der Waals surface area (Å²) in [7, 11) is 0. The second kappa shape index (κ2) is 5.64. The monoisotopic (exact) mass is 256 g/mol. The van der Waals surface area contributed by atoms with Crippen molar-refractivity contribution in [3.05, 3.63) is 4.77 Å². The van der Waals surface area contributed by atoms with Crippen LogP contribution in [0.4, 0.5) is 5.95 Å². The van der Waals surface area contributed by atoms with Crippen LogP contribution in [0.1, 0.15) is 32.7 Å². The smallest absolute Gasteiger partial charge is 0.226 e. The molecular formula is C11H20N4OS. The summed E-state index contributed by atoms with van der Waals surface area (Å²) in [5.41, 5.74) is 0. The van der Waals surface area contributed by atoms with Gasteiger partial charge in [0.05, 0.1) is 6.61 Å². The molecule has 0 spiro atoms. The number of nitrogens with zero attached hydrogens (tertiary/aromatic N) is 3. The van der Waals surface area contributed by atoms with Crippen molar-refractivity contribution in [1.29, 1.82) is 0 Å². The van der Waals surface area contributed by atoms with Gasteiger partial charge in [-0.3, -0.25) is 4.57 Å². The molecule has 1 aliphatic carbocycles. The third-order valence-corrected chi connectivity index (χ3v) is 3.26. The van der Waals surface area contributed by atoms with Crippen LogP contribution >= 0.6 is 12.2 Å². The molecule has 17 heavy (non-hydrogen) atoms. The molecule has 96 valence electrons. The van der Waals surface area contributed by atoms with E-state index in [0.717, 1.165) is 37.0 Å². The third-order valence-electron chi connectivity index (χ3n) is 2.97. The lowest BCUT2D eigenvalue weighted by Crippen LogP contribution is -2.30. The van der Waals surface area contributed by atoms with E-state index < -0.39 is 0 Å². The van der Waals surface area contributed by atoms with E-state index in [0.29, 0.717) is 6.04 Å². The average molecular weight is 256 g/mol. The van der Waals surface area contributed by atoms with Crippen LogP contribution in [-0.2, 0) is 4.74 Å². The minimum absolute atomic E-state index is 0.553. The molecule has 0 bridgehead atoms. The molecule has 1 aromatic rings. The Morgan fingerprint density at radius 3 is 2.88 bits per heavy atom. The maximum atomic E-state index is 5.40. The SMILES string of the molecule is CCOCCN(CC)c1n[nH]c(=S)n1C1CC1. The molecule has 5 nitrogen and oxygen atoms in total. The van der Waals surface area contributed by atoms with Crippen molar-refractivity contribution in [2.24, 2.45) is 0 Å². The maximum absolute atomic E-state index is 5.40. The second-order valence-electron chi connectivity index (χ2n) is 4.21. The number of rotatable bonds is 7. The van der Waals surface area contributed by atoms with Crippen molar-refractivity contribution in [3.63, 3.8) is 0 Å². The summed E-state index contributed by atoms with van der Waals surface area (Å²) < 4.78 is 8.27. The fraction of sp³-hybridized carbons (Fsp3) is 0.818. The van der Waals surface area contributed by atoms with Crippen molar-refractivity contribution in [2.75, 3.05) is 31.2 Å². The van der Waals surface area contributed by atoms with E-state index in [1.807, 2.05) is 6.92 Å². The quantitative estimate of drug-likeness (QED) is 0.600. The minimum Gasteiger partial charge on any atom is -0.380 e. The summed E-state index contributed by atoms with van der Waals surface area (Å²) in [5.74, 6) is 0.958. The first kappa shape index (κ1) is 12.6. The van der Waals surface area contributed by atoms with Gasteiger partial charge in [0.25, 0.3) is 0 Å². The van der Waals surface area contributed by atoms with Crippen LogP contribution in [0.25, 0.3) is 0 Å². The number of H-pyrrole nitrogens is 1.